The lowest BCUT2D eigenvalue weighted by Crippen LogP contribution is -2.31. The van der Waals surface area contributed by atoms with Gasteiger partial charge < -0.3 is 10.1 Å². The minimum absolute atomic E-state index is 0.206. The van der Waals surface area contributed by atoms with E-state index in [1.54, 1.807) is 43.5 Å². The fourth-order valence-electron chi connectivity index (χ4n) is 2.35. The number of nitrogens with one attached hydrogen (secondary N) is 1. The largest absolute Gasteiger partial charge is 0.497 e. The Hall–Kier alpha value is -3.48. The molecule has 7 heteroatoms. The number of hydrogen-bond acceptors (Lipinski definition) is 5. The minimum Gasteiger partial charge on any atom is -0.497 e. The molecule has 0 unspecified atom stereocenters. The van der Waals surface area contributed by atoms with Crippen LogP contribution in [0.1, 0.15) is 5.56 Å². The van der Waals surface area contributed by atoms with Crippen molar-refractivity contribution in [2.45, 2.75) is 13.5 Å². The summed E-state index contributed by atoms with van der Waals surface area (Å²) in [4.78, 5) is 28.2. The van der Waals surface area contributed by atoms with Crippen molar-refractivity contribution >= 4 is 11.6 Å². The van der Waals surface area contributed by atoms with Crippen molar-refractivity contribution in [3.05, 3.63) is 70.8 Å². The zero-order valence-corrected chi connectivity index (χ0v) is 14.5. The molecule has 1 N–H and O–H groups in total. The summed E-state index contributed by atoms with van der Waals surface area (Å²) < 4.78 is 6.12. The van der Waals surface area contributed by atoms with E-state index in [2.05, 4.69) is 15.4 Å². The fraction of sp³-hybridized carbons (Fsp3) is 0.158. The van der Waals surface area contributed by atoms with E-state index in [9.17, 15) is 9.59 Å². The Kier molecular flexibility index (Phi) is 5.07. The molecule has 0 atom stereocenters. The number of hydrogen-bond donors (Lipinski definition) is 1. The van der Waals surface area contributed by atoms with Crippen LogP contribution in [0.4, 0.5) is 5.69 Å². The molecule has 0 aliphatic carbocycles. The van der Waals surface area contributed by atoms with E-state index >= 15 is 0 Å². The summed E-state index contributed by atoms with van der Waals surface area (Å²) in [7, 11) is 1.58. The Bertz CT molecular complexity index is 963. The van der Waals surface area contributed by atoms with Crippen molar-refractivity contribution < 1.29 is 9.53 Å². The zero-order valence-electron chi connectivity index (χ0n) is 14.5. The Morgan fingerprint density at radius 1 is 1.12 bits per heavy atom. The van der Waals surface area contributed by atoms with Crippen molar-refractivity contribution in [3.8, 4) is 17.0 Å². The van der Waals surface area contributed by atoms with Crippen molar-refractivity contribution in [2.75, 3.05) is 12.4 Å². The summed E-state index contributed by atoms with van der Waals surface area (Å²) in [6.45, 7) is 1.76. The first-order valence-electron chi connectivity index (χ1n) is 8.00. The van der Waals surface area contributed by atoms with Gasteiger partial charge in [-0.3, -0.25) is 4.79 Å². The number of carbonyl (C=O) groups excluding carboxylic acids is 1. The number of aromatic nitrogens is 3. The molecule has 3 rings (SSSR count). The first kappa shape index (κ1) is 17.3. The van der Waals surface area contributed by atoms with Gasteiger partial charge in [0.1, 0.15) is 12.3 Å². The van der Waals surface area contributed by atoms with Crippen LogP contribution in [0.25, 0.3) is 11.3 Å². The number of ether oxygens (including phenoxy) is 1. The van der Waals surface area contributed by atoms with Gasteiger partial charge in [-0.25, -0.2) is 9.48 Å². The molecule has 2 aromatic carbocycles. The normalized spacial score (nSPS) is 10.4. The van der Waals surface area contributed by atoms with Crippen LogP contribution in [0.2, 0.25) is 0 Å². The maximum atomic E-state index is 12.2. The van der Waals surface area contributed by atoms with Crippen LogP contribution < -0.4 is 15.7 Å². The fourth-order valence-corrected chi connectivity index (χ4v) is 2.35. The summed E-state index contributed by atoms with van der Waals surface area (Å²) >= 11 is 0. The average molecular weight is 350 g/mol. The molecule has 0 aliphatic rings. The molecule has 132 valence electrons. The highest BCUT2D eigenvalue weighted by atomic mass is 16.5. The summed E-state index contributed by atoms with van der Waals surface area (Å²) in [6.07, 6.45) is 1.46. The number of amides is 1. The van der Waals surface area contributed by atoms with Gasteiger partial charge in [-0.2, -0.15) is 10.1 Å². The second-order valence-electron chi connectivity index (χ2n) is 5.72. The molecule has 1 amide bonds. The summed E-state index contributed by atoms with van der Waals surface area (Å²) in [6, 6.07) is 14.5. The van der Waals surface area contributed by atoms with Crippen LogP contribution >= 0.6 is 0 Å². The van der Waals surface area contributed by atoms with Crippen LogP contribution in [0.15, 0.2) is 59.5 Å². The molecule has 0 aliphatic heterocycles. The molecular formula is C19H18N4O3. The SMILES string of the molecule is COc1ccc(-c2cnn(CC(=O)Nc3ccc(C)cc3)c(=O)n2)cc1. The molecule has 26 heavy (non-hydrogen) atoms. The third kappa shape index (κ3) is 4.13. The van der Waals surface area contributed by atoms with Crippen molar-refractivity contribution in [1.29, 1.82) is 0 Å². The van der Waals surface area contributed by atoms with Crippen LogP contribution in [-0.2, 0) is 11.3 Å². The van der Waals surface area contributed by atoms with Crippen molar-refractivity contribution in [2.24, 2.45) is 0 Å². The van der Waals surface area contributed by atoms with Gasteiger partial charge in [-0.05, 0) is 43.3 Å². The highest BCUT2D eigenvalue weighted by molar-refractivity contribution is 5.90. The molecular weight excluding hydrogens is 332 g/mol. The Morgan fingerprint density at radius 2 is 1.81 bits per heavy atom. The van der Waals surface area contributed by atoms with Gasteiger partial charge in [0, 0.05) is 11.3 Å². The number of benzene rings is 2. The van der Waals surface area contributed by atoms with E-state index in [1.165, 1.54) is 6.20 Å². The molecule has 1 aromatic heterocycles. The Balaban J connectivity index is 1.71. The van der Waals surface area contributed by atoms with E-state index in [0.29, 0.717) is 17.1 Å². The predicted molar refractivity (Wildman–Crippen MR) is 98.1 cm³/mol. The highest BCUT2D eigenvalue weighted by Crippen LogP contribution is 2.18. The summed E-state index contributed by atoms with van der Waals surface area (Å²) in [5, 5.41) is 6.77. The third-order valence-electron chi connectivity index (χ3n) is 3.77. The lowest BCUT2D eigenvalue weighted by atomic mass is 10.1. The molecule has 1 heterocycles. The monoisotopic (exact) mass is 350 g/mol. The molecule has 0 fully saturated rings. The highest BCUT2D eigenvalue weighted by Gasteiger charge is 2.09. The van der Waals surface area contributed by atoms with Gasteiger partial charge in [0.2, 0.25) is 5.91 Å². The van der Waals surface area contributed by atoms with E-state index in [1.807, 2.05) is 19.1 Å². The maximum Gasteiger partial charge on any atom is 0.365 e. The van der Waals surface area contributed by atoms with Crippen molar-refractivity contribution in [1.82, 2.24) is 14.8 Å². The van der Waals surface area contributed by atoms with Gasteiger partial charge in [-0.1, -0.05) is 17.7 Å². The van der Waals surface area contributed by atoms with Gasteiger partial charge >= 0.3 is 5.69 Å². The van der Waals surface area contributed by atoms with Gasteiger partial charge in [-0.15, -0.1) is 0 Å². The maximum absolute atomic E-state index is 12.2. The van der Waals surface area contributed by atoms with Crippen LogP contribution in [0.3, 0.4) is 0 Å². The van der Waals surface area contributed by atoms with Gasteiger partial charge in [0.05, 0.1) is 19.0 Å². The van der Waals surface area contributed by atoms with Crippen molar-refractivity contribution in [3.63, 3.8) is 0 Å². The number of carbonyl (C=O) groups is 1. The standard InChI is InChI=1S/C19H18N4O3/c1-13-3-7-15(8-4-13)21-18(24)12-23-19(25)22-17(11-20-23)14-5-9-16(26-2)10-6-14/h3-11H,12H2,1-2H3,(H,21,24). The smallest absolute Gasteiger partial charge is 0.365 e. The number of nitrogens with zero attached hydrogens (tertiary/aromatic N) is 3. The first-order chi connectivity index (χ1) is 12.5. The molecule has 0 bridgehead atoms. The van der Waals surface area contributed by atoms with Crippen LogP contribution in [0, 0.1) is 6.92 Å². The Morgan fingerprint density at radius 3 is 2.42 bits per heavy atom. The number of methoxy groups -OCH3 is 1. The lowest BCUT2D eigenvalue weighted by molar-refractivity contribution is -0.117. The summed E-state index contributed by atoms with van der Waals surface area (Å²) in [5.41, 5.74) is 2.35. The van der Waals surface area contributed by atoms with E-state index in [-0.39, 0.29) is 12.5 Å². The topological polar surface area (TPSA) is 86.1 Å². The second-order valence-corrected chi connectivity index (χ2v) is 5.72. The zero-order chi connectivity index (χ0) is 18.5. The Labute approximate surface area is 150 Å². The molecule has 0 radical (unpaired) electrons. The first-order valence-corrected chi connectivity index (χ1v) is 8.00. The summed E-state index contributed by atoms with van der Waals surface area (Å²) in [5.74, 6) is 0.366. The van der Waals surface area contributed by atoms with E-state index in [0.717, 1.165) is 15.8 Å². The van der Waals surface area contributed by atoms with E-state index < -0.39 is 5.69 Å². The van der Waals surface area contributed by atoms with Gasteiger partial charge in [0.15, 0.2) is 0 Å². The second kappa shape index (κ2) is 7.60. The third-order valence-corrected chi connectivity index (χ3v) is 3.77. The molecule has 3 aromatic rings. The molecule has 7 nitrogen and oxygen atoms in total. The molecule has 0 saturated carbocycles. The molecule has 0 saturated heterocycles. The number of anilines is 1. The van der Waals surface area contributed by atoms with E-state index in [4.69, 9.17) is 4.74 Å². The van der Waals surface area contributed by atoms with Gasteiger partial charge in [0.25, 0.3) is 0 Å². The van der Waals surface area contributed by atoms with Crippen LogP contribution in [0.5, 0.6) is 5.75 Å². The average Bonchev–Trinajstić information content (AvgIpc) is 2.65. The number of aryl methyl sites for hydroxylation is 1. The quantitative estimate of drug-likeness (QED) is 0.763. The minimum atomic E-state index is -0.586. The predicted octanol–water partition coefficient (Wildman–Crippen LogP) is 2.26. The molecule has 0 spiro atoms. The van der Waals surface area contributed by atoms with Crippen LogP contribution in [-0.4, -0.2) is 27.8 Å². The number of rotatable bonds is 5. The lowest BCUT2D eigenvalue weighted by Gasteiger charge is -2.07.